The van der Waals surface area contributed by atoms with Crippen molar-refractivity contribution in [3.63, 3.8) is 0 Å². The van der Waals surface area contributed by atoms with Gasteiger partial charge < -0.3 is 10.6 Å². The van der Waals surface area contributed by atoms with Crippen LogP contribution in [0.2, 0.25) is 0 Å². The van der Waals surface area contributed by atoms with Gasteiger partial charge in [-0.15, -0.1) is 0 Å². The summed E-state index contributed by atoms with van der Waals surface area (Å²) in [6, 6.07) is 3.66. The molecule has 2 heterocycles. The van der Waals surface area contributed by atoms with Gasteiger partial charge in [0.15, 0.2) is 0 Å². The first-order valence-electron chi connectivity index (χ1n) is 6.89. The molecule has 110 valence electrons. The molecule has 4 nitrogen and oxygen atoms in total. The molecule has 0 saturated carbocycles. The van der Waals surface area contributed by atoms with Crippen LogP contribution in [0.3, 0.4) is 0 Å². The zero-order chi connectivity index (χ0) is 15.0. The Balaban J connectivity index is 2.08. The van der Waals surface area contributed by atoms with Gasteiger partial charge in [-0.25, -0.2) is 4.98 Å². The number of hydrogen-bond acceptors (Lipinski definition) is 3. The lowest BCUT2D eigenvalue weighted by Gasteiger charge is -2.46. The minimum Gasteiger partial charge on any atom is -0.349 e. The van der Waals surface area contributed by atoms with E-state index in [-0.39, 0.29) is 23.0 Å². The van der Waals surface area contributed by atoms with E-state index in [1.807, 2.05) is 0 Å². The van der Waals surface area contributed by atoms with Crippen LogP contribution < -0.4 is 10.6 Å². The number of aromatic nitrogens is 1. The highest BCUT2D eigenvalue weighted by atomic mass is 79.9. The summed E-state index contributed by atoms with van der Waals surface area (Å²) in [7, 11) is 0. The third kappa shape index (κ3) is 4.03. The number of nitrogens with zero attached hydrogens (tertiary/aromatic N) is 1. The summed E-state index contributed by atoms with van der Waals surface area (Å²) in [5, 5.41) is 6.76. The number of rotatable bonds is 2. The molecule has 1 fully saturated rings. The molecular weight excluding hydrogens is 318 g/mol. The number of nitrogens with one attached hydrogen (secondary N) is 2. The molecule has 5 heteroatoms. The van der Waals surface area contributed by atoms with Crippen molar-refractivity contribution in [1.29, 1.82) is 0 Å². The highest BCUT2D eigenvalue weighted by Crippen LogP contribution is 2.28. The lowest BCUT2D eigenvalue weighted by molar-refractivity contribution is 0.0873. The summed E-state index contributed by atoms with van der Waals surface area (Å²) in [5.41, 5.74) is 0.692. The maximum atomic E-state index is 12.3. The zero-order valence-electron chi connectivity index (χ0n) is 12.5. The minimum absolute atomic E-state index is 0.0263. The van der Waals surface area contributed by atoms with Gasteiger partial charge in [-0.1, -0.05) is 0 Å². The Morgan fingerprint density at radius 2 is 1.95 bits per heavy atom. The number of piperidine rings is 1. The Morgan fingerprint density at radius 3 is 2.50 bits per heavy atom. The lowest BCUT2D eigenvalue weighted by atomic mass is 9.79. The molecule has 1 amide bonds. The minimum atomic E-state index is -0.0356. The smallest absolute Gasteiger partial charge is 0.251 e. The normalized spacial score (nSPS) is 21.4. The molecule has 1 aromatic rings. The van der Waals surface area contributed by atoms with Crippen molar-refractivity contribution in [2.24, 2.45) is 0 Å². The van der Waals surface area contributed by atoms with Gasteiger partial charge in [-0.3, -0.25) is 4.79 Å². The van der Waals surface area contributed by atoms with Crippen LogP contribution >= 0.6 is 15.9 Å². The SMILES string of the molecule is CC1(C)CC(NC(=O)c2ccnc(Br)c2)CC(C)(C)N1. The average Bonchev–Trinajstić information content (AvgIpc) is 2.24. The van der Waals surface area contributed by atoms with E-state index >= 15 is 0 Å². The first-order chi connectivity index (χ1) is 9.17. The summed E-state index contributed by atoms with van der Waals surface area (Å²) >= 11 is 3.29. The van der Waals surface area contributed by atoms with Crippen molar-refractivity contribution >= 4 is 21.8 Å². The standard InChI is InChI=1S/C15H22BrN3O/c1-14(2)8-11(9-15(3,4)19-14)18-13(20)10-5-6-17-12(16)7-10/h5-7,11,19H,8-9H2,1-4H3,(H,18,20). The fourth-order valence-corrected chi connectivity index (χ4v) is 3.60. The number of hydrogen-bond donors (Lipinski definition) is 2. The molecule has 1 saturated heterocycles. The Hall–Kier alpha value is -0.940. The van der Waals surface area contributed by atoms with Gasteiger partial charge in [-0.2, -0.15) is 0 Å². The molecule has 2 N–H and O–H groups in total. The van der Waals surface area contributed by atoms with Crippen LogP contribution in [0.1, 0.15) is 50.9 Å². The predicted octanol–water partition coefficient (Wildman–Crippen LogP) is 2.88. The maximum Gasteiger partial charge on any atom is 0.251 e. The van der Waals surface area contributed by atoms with Gasteiger partial charge in [0.05, 0.1) is 0 Å². The Morgan fingerprint density at radius 1 is 1.35 bits per heavy atom. The van der Waals surface area contributed by atoms with Gasteiger partial charge >= 0.3 is 0 Å². The molecule has 2 rings (SSSR count). The van der Waals surface area contributed by atoms with Crippen LogP contribution in [-0.4, -0.2) is 28.0 Å². The predicted molar refractivity (Wildman–Crippen MR) is 83.7 cm³/mol. The lowest BCUT2D eigenvalue weighted by Crippen LogP contribution is -2.62. The number of amides is 1. The largest absolute Gasteiger partial charge is 0.349 e. The van der Waals surface area contributed by atoms with Crippen molar-refractivity contribution in [2.75, 3.05) is 0 Å². The molecule has 1 aromatic heterocycles. The Kier molecular flexibility index (Phi) is 4.21. The van der Waals surface area contributed by atoms with Gasteiger partial charge in [-0.05, 0) is 68.6 Å². The molecule has 0 aromatic carbocycles. The summed E-state index contributed by atoms with van der Waals surface area (Å²) in [5.74, 6) is -0.0356. The van der Waals surface area contributed by atoms with Gasteiger partial charge in [0.2, 0.25) is 0 Å². The van der Waals surface area contributed by atoms with E-state index in [1.54, 1.807) is 18.3 Å². The second-order valence-electron chi connectivity index (χ2n) is 6.84. The Bertz CT molecular complexity index is 498. The van der Waals surface area contributed by atoms with Gasteiger partial charge in [0, 0.05) is 28.9 Å². The number of halogens is 1. The van der Waals surface area contributed by atoms with Crippen molar-refractivity contribution in [3.8, 4) is 0 Å². The molecule has 1 aliphatic rings. The first kappa shape index (κ1) is 15.4. The molecule has 0 unspecified atom stereocenters. The fraction of sp³-hybridized carbons (Fsp3) is 0.600. The highest BCUT2D eigenvalue weighted by molar-refractivity contribution is 9.10. The Labute approximate surface area is 128 Å². The van der Waals surface area contributed by atoms with Crippen LogP contribution in [0.4, 0.5) is 0 Å². The van der Waals surface area contributed by atoms with E-state index in [0.29, 0.717) is 10.2 Å². The van der Waals surface area contributed by atoms with Crippen LogP contribution in [-0.2, 0) is 0 Å². The van der Waals surface area contributed by atoms with Crippen LogP contribution in [0.5, 0.6) is 0 Å². The topological polar surface area (TPSA) is 54.0 Å². The second kappa shape index (κ2) is 5.45. The molecule has 1 aliphatic heterocycles. The number of carbonyl (C=O) groups excluding carboxylic acids is 1. The van der Waals surface area contributed by atoms with Gasteiger partial charge in [0.25, 0.3) is 5.91 Å². The number of carbonyl (C=O) groups is 1. The third-order valence-corrected chi connectivity index (χ3v) is 3.95. The van der Waals surface area contributed by atoms with E-state index in [0.717, 1.165) is 12.8 Å². The molecule has 0 spiro atoms. The van der Waals surface area contributed by atoms with Crippen molar-refractivity contribution in [3.05, 3.63) is 28.5 Å². The third-order valence-electron chi connectivity index (χ3n) is 3.51. The molecule has 0 aliphatic carbocycles. The van der Waals surface area contributed by atoms with E-state index in [1.165, 1.54) is 0 Å². The highest BCUT2D eigenvalue weighted by Gasteiger charge is 2.38. The zero-order valence-corrected chi connectivity index (χ0v) is 14.0. The second-order valence-corrected chi connectivity index (χ2v) is 7.65. The summed E-state index contributed by atoms with van der Waals surface area (Å²) in [6.07, 6.45) is 3.48. The molecule has 0 atom stereocenters. The van der Waals surface area contributed by atoms with Crippen LogP contribution in [0, 0.1) is 0 Å². The van der Waals surface area contributed by atoms with E-state index < -0.39 is 0 Å². The van der Waals surface area contributed by atoms with E-state index in [9.17, 15) is 4.79 Å². The van der Waals surface area contributed by atoms with Crippen molar-refractivity contribution < 1.29 is 4.79 Å². The first-order valence-corrected chi connectivity index (χ1v) is 7.68. The summed E-state index contributed by atoms with van der Waals surface area (Å²) in [4.78, 5) is 16.3. The summed E-state index contributed by atoms with van der Waals surface area (Å²) < 4.78 is 0.677. The maximum absolute atomic E-state index is 12.3. The van der Waals surface area contributed by atoms with Crippen molar-refractivity contribution in [1.82, 2.24) is 15.6 Å². The van der Waals surface area contributed by atoms with Gasteiger partial charge in [0.1, 0.15) is 4.60 Å². The quantitative estimate of drug-likeness (QED) is 0.814. The van der Waals surface area contributed by atoms with Crippen LogP contribution in [0.25, 0.3) is 0 Å². The molecular formula is C15H22BrN3O. The van der Waals surface area contributed by atoms with E-state index in [2.05, 4.69) is 59.2 Å². The molecule has 0 radical (unpaired) electrons. The molecule has 0 bridgehead atoms. The van der Waals surface area contributed by atoms with Crippen LogP contribution in [0.15, 0.2) is 22.9 Å². The van der Waals surface area contributed by atoms with Crippen molar-refractivity contribution in [2.45, 2.75) is 57.7 Å². The average molecular weight is 340 g/mol. The molecule has 20 heavy (non-hydrogen) atoms. The fourth-order valence-electron chi connectivity index (χ4n) is 3.24. The monoisotopic (exact) mass is 339 g/mol. The number of pyridine rings is 1. The summed E-state index contributed by atoms with van der Waals surface area (Å²) in [6.45, 7) is 8.71. The van der Waals surface area contributed by atoms with E-state index in [4.69, 9.17) is 0 Å².